The third-order valence-electron chi connectivity index (χ3n) is 3.64. The minimum absolute atomic E-state index is 0.284. The Balaban J connectivity index is 1.92. The van der Waals surface area contributed by atoms with Gasteiger partial charge in [0.05, 0.1) is 19.3 Å². The van der Waals surface area contributed by atoms with E-state index in [2.05, 4.69) is 5.32 Å². The van der Waals surface area contributed by atoms with Crippen molar-refractivity contribution in [2.75, 3.05) is 25.6 Å². The lowest BCUT2D eigenvalue weighted by Crippen LogP contribution is -2.21. The van der Waals surface area contributed by atoms with Gasteiger partial charge in [0, 0.05) is 5.69 Å². The first-order chi connectivity index (χ1) is 12.9. The molecular formula is C21H25NO5. The Morgan fingerprint density at radius 1 is 1.04 bits per heavy atom. The molecule has 0 spiro atoms. The maximum atomic E-state index is 12.2. The molecule has 0 radical (unpaired) electrons. The van der Waals surface area contributed by atoms with Crippen LogP contribution in [-0.2, 0) is 9.53 Å². The van der Waals surface area contributed by atoms with Gasteiger partial charge in [-0.3, -0.25) is 4.79 Å². The van der Waals surface area contributed by atoms with E-state index in [1.807, 2.05) is 32.9 Å². The number of carbonyl (C=O) groups excluding carboxylic acids is 2. The van der Waals surface area contributed by atoms with Gasteiger partial charge in [-0.2, -0.15) is 0 Å². The normalized spacial score (nSPS) is 10.4. The predicted octanol–water partition coefficient (Wildman–Crippen LogP) is 3.83. The summed E-state index contributed by atoms with van der Waals surface area (Å²) in [6, 6.07) is 12.1. The number of aryl methyl sites for hydroxylation is 1. The maximum Gasteiger partial charge on any atom is 0.338 e. The molecular weight excluding hydrogens is 346 g/mol. The van der Waals surface area contributed by atoms with Crippen molar-refractivity contribution in [2.24, 2.45) is 5.92 Å². The number of hydrogen-bond acceptors (Lipinski definition) is 5. The fraction of sp³-hybridized carbons (Fsp3) is 0.333. The van der Waals surface area contributed by atoms with Crippen LogP contribution in [0.1, 0.15) is 29.8 Å². The molecule has 0 fully saturated rings. The number of anilines is 1. The van der Waals surface area contributed by atoms with Crippen molar-refractivity contribution in [2.45, 2.75) is 20.8 Å². The second-order valence-electron chi connectivity index (χ2n) is 6.56. The molecule has 0 heterocycles. The second kappa shape index (κ2) is 9.62. The van der Waals surface area contributed by atoms with Gasteiger partial charge in [0.15, 0.2) is 18.1 Å². The number of esters is 1. The molecule has 2 aromatic carbocycles. The van der Waals surface area contributed by atoms with Crippen molar-refractivity contribution >= 4 is 17.6 Å². The monoisotopic (exact) mass is 371 g/mol. The van der Waals surface area contributed by atoms with Crippen LogP contribution < -0.4 is 14.8 Å². The predicted molar refractivity (Wildman–Crippen MR) is 103 cm³/mol. The highest BCUT2D eigenvalue weighted by molar-refractivity contribution is 5.95. The standard InChI is InChI=1S/C21H25NO5/c1-14(2)12-26-18-10-7-16(11-19(18)25-4)21(24)27-13-20(23)22-17-8-5-15(3)6-9-17/h5-11,14H,12-13H2,1-4H3,(H,22,23). The third-order valence-corrected chi connectivity index (χ3v) is 3.64. The van der Waals surface area contributed by atoms with Gasteiger partial charge in [0.25, 0.3) is 5.91 Å². The number of ether oxygens (including phenoxy) is 3. The topological polar surface area (TPSA) is 73.9 Å². The summed E-state index contributed by atoms with van der Waals surface area (Å²) in [6.07, 6.45) is 0. The molecule has 0 aliphatic rings. The number of nitrogens with one attached hydrogen (secondary N) is 1. The summed E-state index contributed by atoms with van der Waals surface area (Å²) < 4.78 is 16.0. The minimum Gasteiger partial charge on any atom is -0.493 e. The fourth-order valence-corrected chi connectivity index (χ4v) is 2.22. The van der Waals surface area contributed by atoms with Crippen LogP contribution in [0.15, 0.2) is 42.5 Å². The fourth-order valence-electron chi connectivity index (χ4n) is 2.22. The largest absolute Gasteiger partial charge is 0.493 e. The number of hydrogen-bond donors (Lipinski definition) is 1. The second-order valence-corrected chi connectivity index (χ2v) is 6.56. The lowest BCUT2D eigenvalue weighted by Gasteiger charge is -2.13. The SMILES string of the molecule is COc1cc(C(=O)OCC(=O)Nc2ccc(C)cc2)ccc1OCC(C)C. The Morgan fingerprint density at radius 2 is 1.74 bits per heavy atom. The van der Waals surface area contributed by atoms with Gasteiger partial charge in [0.2, 0.25) is 0 Å². The lowest BCUT2D eigenvalue weighted by molar-refractivity contribution is -0.119. The lowest BCUT2D eigenvalue weighted by atomic mass is 10.2. The molecule has 2 aromatic rings. The summed E-state index contributed by atoms with van der Waals surface area (Å²) in [6.45, 7) is 6.21. The molecule has 1 amide bonds. The first-order valence-electron chi connectivity index (χ1n) is 8.73. The van der Waals surface area contributed by atoms with Crippen LogP contribution in [0.3, 0.4) is 0 Å². The van der Waals surface area contributed by atoms with Crippen LogP contribution in [0.5, 0.6) is 11.5 Å². The van der Waals surface area contributed by atoms with Crippen LogP contribution in [-0.4, -0.2) is 32.2 Å². The Kier molecular flexibility index (Phi) is 7.23. The first kappa shape index (κ1) is 20.3. The highest BCUT2D eigenvalue weighted by Crippen LogP contribution is 2.28. The molecule has 0 aliphatic carbocycles. The summed E-state index contributed by atoms with van der Waals surface area (Å²) in [5.74, 6) is 0.347. The zero-order chi connectivity index (χ0) is 19.8. The van der Waals surface area contributed by atoms with Crippen LogP contribution >= 0.6 is 0 Å². The van der Waals surface area contributed by atoms with Crippen LogP contribution in [0.25, 0.3) is 0 Å². The zero-order valence-corrected chi connectivity index (χ0v) is 16.1. The van der Waals surface area contributed by atoms with E-state index in [0.29, 0.717) is 29.7 Å². The quantitative estimate of drug-likeness (QED) is 0.714. The summed E-state index contributed by atoms with van der Waals surface area (Å²) in [7, 11) is 1.50. The zero-order valence-electron chi connectivity index (χ0n) is 16.1. The molecule has 1 N–H and O–H groups in total. The van der Waals surface area contributed by atoms with Gasteiger partial charge in [-0.15, -0.1) is 0 Å². The number of rotatable bonds is 8. The van der Waals surface area contributed by atoms with Crippen molar-refractivity contribution in [3.63, 3.8) is 0 Å². The average Bonchev–Trinajstić information content (AvgIpc) is 2.66. The average molecular weight is 371 g/mol. The maximum absolute atomic E-state index is 12.2. The highest BCUT2D eigenvalue weighted by atomic mass is 16.5. The summed E-state index contributed by atoms with van der Waals surface area (Å²) in [5, 5.41) is 2.67. The van der Waals surface area contributed by atoms with Crippen molar-refractivity contribution in [1.29, 1.82) is 0 Å². The van der Waals surface area contributed by atoms with E-state index < -0.39 is 11.9 Å². The molecule has 0 aliphatic heterocycles. The van der Waals surface area contributed by atoms with E-state index in [1.165, 1.54) is 13.2 Å². The third kappa shape index (κ3) is 6.33. The molecule has 6 nitrogen and oxygen atoms in total. The Labute approximate surface area is 159 Å². The number of methoxy groups -OCH3 is 1. The van der Waals surface area contributed by atoms with E-state index in [-0.39, 0.29) is 12.2 Å². The van der Waals surface area contributed by atoms with Gasteiger partial charge < -0.3 is 19.5 Å². The summed E-state index contributed by atoms with van der Waals surface area (Å²) in [5.41, 5.74) is 2.02. The molecule has 0 saturated carbocycles. The summed E-state index contributed by atoms with van der Waals surface area (Å²) >= 11 is 0. The van der Waals surface area contributed by atoms with Crippen molar-refractivity contribution in [3.05, 3.63) is 53.6 Å². The Morgan fingerprint density at radius 3 is 2.37 bits per heavy atom. The Bertz CT molecular complexity index is 784. The van der Waals surface area contributed by atoms with Crippen molar-refractivity contribution < 1.29 is 23.8 Å². The van der Waals surface area contributed by atoms with E-state index >= 15 is 0 Å². The minimum atomic E-state index is -0.609. The molecule has 144 valence electrons. The molecule has 27 heavy (non-hydrogen) atoms. The van der Waals surface area contributed by atoms with Crippen LogP contribution in [0.4, 0.5) is 5.69 Å². The molecule has 0 atom stereocenters. The number of carbonyl (C=O) groups is 2. The summed E-state index contributed by atoms with van der Waals surface area (Å²) in [4.78, 5) is 24.1. The van der Waals surface area contributed by atoms with E-state index in [9.17, 15) is 9.59 Å². The highest BCUT2D eigenvalue weighted by Gasteiger charge is 2.14. The molecule has 6 heteroatoms. The number of benzene rings is 2. The van der Waals surface area contributed by atoms with Crippen molar-refractivity contribution in [3.8, 4) is 11.5 Å². The van der Waals surface area contributed by atoms with Gasteiger partial charge in [-0.1, -0.05) is 31.5 Å². The number of amides is 1. The molecule has 0 unspecified atom stereocenters. The van der Waals surface area contributed by atoms with Crippen molar-refractivity contribution in [1.82, 2.24) is 0 Å². The van der Waals surface area contributed by atoms with Gasteiger partial charge in [-0.25, -0.2) is 4.79 Å². The van der Waals surface area contributed by atoms with E-state index in [0.717, 1.165) is 5.56 Å². The first-order valence-corrected chi connectivity index (χ1v) is 8.73. The Hall–Kier alpha value is -3.02. The van der Waals surface area contributed by atoms with Crippen LogP contribution in [0.2, 0.25) is 0 Å². The van der Waals surface area contributed by atoms with Crippen LogP contribution in [0, 0.1) is 12.8 Å². The van der Waals surface area contributed by atoms with E-state index in [4.69, 9.17) is 14.2 Å². The molecule has 2 rings (SSSR count). The van der Waals surface area contributed by atoms with Gasteiger partial charge >= 0.3 is 5.97 Å². The van der Waals surface area contributed by atoms with E-state index in [1.54, 1.807) is 24.3 Å². The molecule has 0 aromatic heterocycles. The smallest absolute Gasteiger partial charge is 0.338 e. The van der Waals surface area contributed by atoms with Gasteiger partial charge in [0.1, 0.15) is 0 Å². The van der Waals surface area contributed by atoms with Gasteiger partial charge in [-0.05, 0) is 43.2 Å². The molecule has 0 saturated heterocycles. The molecule has 0 bridgehead atoms.